The molecular weight excluding hydrogens is 182 g/mol. The standard InChI is InChI=1S/C14H25N/c1-10-5-4-7-12-9-11-6-2-3-8-13(11)15-14(10)12/h10-15H,2-9H2,1H3. The summed E-state index contributed by atoms with van der Waals surface area (Å²) in [5.74, 6) is 2.99. The van der Waals surface area contributed by atoms with Crippen molar-refractivity contribution in [2.75, 3.05) is 0 Å². The molecule has 3 fully saturated rings. The Morgan fingerprint density at radius 1 is 0.867 bits per heavy atom. The van der Waals surface area contributed by atoms with Gasteiger partial charge in [0, 0.05) is 12.1 Å². The van der Waals surface area contributed by atoms with Crippen molar-refractivity contribution in [1.82, 2.24) is 5.32 Å². The third-order valence-electron chi connectivity index (χ3n) is 5.28. The van der Waals surface area contributed by atoms with E-state index in [0.717, 1.165) is 29.8 Å². The van der Waals surface area contributed by atoms with Crippen LogP contribution in [0, 0.1) is 17.8 Å². The van der Waals surface area contributed by atoms with Crippen molar-refractivity contribution in [2.24, 2.45) is 17.8 Å². The van der Waals surface area contributed by atoms with Crippen LogP contribution in [0.5, 0.6) is 0 Å². The highest BCUT2D eigenvalue weighted by Crippen LogP contribution is 2.41. The molecule has 5 unspecified atom stereocenters. The molecule has 0 aromatic rings. The normalized spacial score (nSPS) is 50.6. The predicted molar refractivity (Wildman–Crippen MR) is 63.8 cm³/mol. The van der Waals surface area contributed by atoms with E-state index in [4.69, 9.17) is 0 Å². The number of hydrogen-bond acceptors (Lipinski definition) is 1. The summed E-state index contributed by atoms with van der Waals surface area (Å²) >= 11 is 0. The summed E-state index contributed by atoms with van der Waals surface area (Å²) in [6.45, 7) is 2.47. The maximum absolute atomic E-state index is 4.01. The van der Waals surface area contributed by atoms with Gasteiger partial charge in [0.1, 0.15) is 0 Å². The summed E-state index contributed by atoms with van der Waals surface area (Å²) in [7, 11) is 0. The SMILES string of the molecule is CC1CCCC2CC3CCCCC3NC12. The first kappa shape index (κ1) is 10.1. The molecule has 2 saturated carbocycles. The van der Waals surface area contributed by atoms with Gasteiger partial charge in [-0.15, -0.1) is 0 Å². The summed E-state index contributed by atoms with van der Waals surface area (Å²) in [6.07, 6.45) is 11.9. The fourth-order valence-corrected chi connectivity index (χ4v) is 4.44. The second kappa shape index (κ2) is 4.08. The van der Waals surface area contributed by atoms with Crippen LogP contribution in [0.15, 0.2) is 0 Å². The Morgan fingerprint density at radius 2 is 1.67 bits per heavy atom. The van der Waals surface area contributed by atoms with Crippen LogP contribution < -0.4 is 5.32 Å². The van der Waals surface area contributed by atoms with Gasteiger partial charge < -0.3 is 5.32 Å². The van der Waals surface area contributed by atoms with Crippen LogP contribution in [0.25, 0.3) is 0 Å². The lowest BCUT2D eigenvalue weighted by Crippen LogP contribution is -2.56. The van der Waals surface area contributed by atoms with E-state index in [0.29, 0.717) is 0 Å². The van der Waals surface area contributed by atoms with Crippen LogP contribution in [-0.4, -0.2) is 12.1 Å². The van der Waals surface area contributed by atoms with Gasteiger partial charge in [-0.2, -0.15) is 0 Å². The minimum Gasteiger partial charge on any atom is -0.310 e. The molecule has 2 aliphatic carbocycles. The van der Waals surface area contributed by atoms with E-state index in [-0.39, 0.29) is 0 Å². The topological polar surface area (TPSA) is 12.0 Å². The highest BCUT2D eigenvalue weighted by Gasteiger charge is 2.40. The molecule has 1 nitrogen and oxygen atoms in total. The van der Waals surface area contributed by atoms with Crippen molar-refractivity contribution < 1.29 is 0 Å². The van der Waals surface area contributed by atoms with Gasteiger partial charge in [0.15, 0.2) is 0 Å². The van der Waals surface area contributed by atoms with Gasteiger partial charge in [0.25, 0.3) is 0 Å². The number of nitrogens with one attached hydrogen (secondary N) is 1. The van der Waals surface area contributed by atoms with E-state index >= 15 is 0 Å². The van der Waals surface area contributed by atoms with Gasteiger partial charge in [-0.05, 0) is 49.9 Å². The Bertz CT molecular complexity index is 225. The second-order valence-electron chi connectivity index (χ2n) is 6.25. The van der Waals surface area contributed by atoms with Crippen LogP contribution in [-0.2, 0) is 0 Å². The molecule has 0 aromatic carbocycles. The smallest absolute Gasteiger partial charge is 0.0124 e. The molecule has 0 amide bonds. The number of fused-ring (bicyclic) bond motifs is 2. The molecule has 1 heteroatoms. The van der Waals surface area contributed by atoms with E-state index in [1.54, 1.807) is 6.42 Å². The summed E-state index contributed by atoms with van der Waals surface area (Å²) < 4.78 is 0. The van der Waals surface area contributed by atoms with E-state index < -0.39 is 0 Å². The largest absolute Gasteiger partial charge is 0.310 e. The minimum atomic E-state index is 0.873. The summed E-state index contributed by atoms with van der Waals surface area (Å²) in [6, 6.07) is 1.76. The average Bonchev–Trinajstić information content (AvgIpc) is 2.27. The van der Waals surface area contributed by atoms with Gasteiger partial charge in [0.05, 0.1) is 0 Å². The third kappa shape index (κ3) is 1.84. The average molecular weight is 207 g/mol. The van der Waals surface area contributed by atoms with Crippen LogP contribution >= 0.6 is 0 Å². The Morgan fingerprint density at radius 3 is 2.60 bits per heavy atom. The van der Waals surface area contributed by atoms with Gasteiger partial charge in [-0.1, -0.05) is 26.2 Å². The number of rotatable bonds is 0. The van der Waals surface area contributed by atoms with Crippen LogP contribution in [0.4, 0.5) is 0 Å². The first-order valence-electron chi connectivity index (χ1n) is 7.10. The van der Waals surface area contributed by atoms with Crippen molar-refractivity contribution in [3.63, 3.8) is 0 Å². The molecule has 0 spiro atoms. The lowest BCUT2D eigenvalue weighted by Gasteiger charge is -2.49. The maximum Gasteiger partial charge on any atom is 0.0124 e. The Balaban J connectivity index is 1.71. The van der Waals surface area contributed by atoms with Gasteiger partial charge >= 0.3 is 0 Å². The molecule has 1 aliphatic heterocycles. The zero-order chi connectivity index (χ0) is 10.3. The number of piperidine rings is 1. The summed E-state index contributed by atoms with van der Waals surface area (Å²) in [5.41, 5.74) is 0. The maximum atomic E-state index is 4.01. The molecule has 0 bridgehead atoms. The molecule has 0 radical (unpaired) electrons. The quantitative estimate of drug-likeness (QED) is 0.642. The summed E-state index contributed by atoms with van der Waals surface area (Å²) in [5, 5.41) is 4.01. The fraction of sp³-hybridized carbons (Fsp3) is 1.00. The molecule has 15 heavy (non-hydrogen) atoms. The zero-order valence-corrected chi connectivity index (χ0v) is 10.0. The molecule has 1 N–H and O–H groups in total. The molecule has 3 aliphatic rings. The van der Waals surface area contributed by atoms with E-state index in [1.807, 2.05) is 0 Å². The van der Waals surface area contributed by atoms with Crippen LogP contribution in [0.1, 0.15) is 58.3 Å². The van der Waals surface area contributed by atoms with Crippen molar-refractivity contribution >= 4 is 0 Å². The van der Waals surface area contributed by atoms with E-state index in [2.05, 4.69) is 12.2 Å². The van der Waals surface area contributed by atoms with E-state index in [9.17, 15) is 0 Å². The Labute approximate surface area is 94.0 Å². The molecule has 1 saturated heterocycles. The summed E-state index contributed by atoms with van der Waals surface area (Å²) in [4.78, 5) is 0. The third-order valence-corrected chi connectivity index (χ3v) is 5.28. The lowest BCUT2D eigenvalue weighted by atomic mass is 9.66. The van der Waals surface area contributed by atoms with Crippen molar-refractivity contribution in [2.45, 2.75) is 70.4 Å². The molecule has 0 aromatic heterocycles. The van der Waals surface area contributed by atoms with Crippen molar-refractivity contribution in [3.05, 3.63) is 0 Å². The molecule has 1 heterocycles. The fourth-order valence-electron chi connectivity index (χ4n) is 4.44. The van der Waals surface area contributed by atoms with Crippen molar-refractivity contribution in [3.8, 4) is 0 Å². The predicted octanol–water partition coefficient (Wildman–Crippen LogP) is 3.34. The highest BCUT2D eigenvalue weighted by molar-refractivity contribution is 4.97. The molecule has 3 rings (SSSR count). The van der Waals surface area contributed by atoms with Gasteiger partial charge in [0.2, 0.25) is 0 Å². The lowest BCUT2D eigenvalue weighted by molar-refractivity contribution is 0.0672. The molecule has 86 valence electrons. The van der Waals surface area contributed by atoms with Gasteiger partial charge in [-0.3, -0.25) is 0 Å². The second-order valence-corrected chi connectivity index (χ2v) is 6.25. The first-order chi connectivity index (χ1) is 7.34. The molecule has 5 atom stereocenters. The first-order valence-corrected chi connectivity index (χ1v) is 7.10. The zero-order valence-electron chi connectivity index (χ0n) is 10.0. The molecular formula is C14H25N. The van der Waals surface area contributed by atoms with Crippen LogP contribution in [0.3, 0.4) is 0 Å². The number of hydrogen-bond donors (Lipinski definition) is 1. The Hall–Kier alpha value is -0.0400. The van der Waals surface area contributed by atoms with E-state index in [1.165, 1.54) is 44.9 Å². The monoisotopic (exact) mass is 207 g/mol. The van der Waals surface area contributed by atoms with Crippen LogP contribution in [0.2, 0.25) is 0 Å². The highest BCUT2D eigenvalue weighted by atomic mass is 15.0. The van der Waals surface area contributed by atoms with Gasteiger partial charge in [-0.25, -0.2) is 0 Å². The van der Waals surface area contributed by atoms with Crippen molar-refractivity contribution in [1.29, 1.82) is 0 Å². The minimum absolute atomic E-state index is 0.873. The Kier molecular flexibility index (Phi) is 2.76.